The van der Waals surface area contributed by atoms with E-state index in [9.17, 15) is 4.79 Å². The van der Waals surface area contributed by atoms with Crippen molar-refractivity contribution in [2.45, 2.75) is 19.9 Å². The molecule has 0 aromatic carbocycles. The van der Waals surface area contributed by atoms with E-state index in [-0.39, 0.29) is 11.7 Å². The third-order valence-electron chi connectivity index (χ3n) is 1.91. The molecule has 0 saturated carbocycles. The van der Waals surface area contributed by atoms with Crippen LogP contribution >= 0.6 is 0 Å². The molecule has 1 N–H and O–H groups in total. The number of carbonyl (C=O) groups is 1. The Morgan fingerprint density at radius 2 is 2.14 bits per heavy atom. The molecule has 1 aromatic heterocycles. The average Bonchev–Trinajstić information content (AvgIpc) is 2.46. The second kappa shape index (κ2) is 3.69. The fraction of sp³-hybridized carbons (Fsp3) is 0.556. The van der Waals surface area contributed by atoms with Crippen LogP contribution in [0.15, 0.2) is 6.20 Å². The minimum Gasteiger partial charge on any atom is -0.477 e. The Bertz CT molecular complexity index is 342. The molecule has 0 bridgehead atoms. The molecular weight excluding hydrogens is 182 g/mol. The molecular formula is C9H15N3O2. The lowest BCUT2D eigenvalue weighted by Gasteiger charge is -2.18. The minimum atomic E-state index is -0.945. The van der Waals surface area contributed by atoms with Gasteiger partial charge in [0.2, 0.25) is 5.95 Å². The number of carboxylic acids is 1. The lowest BCUT2D eigenvalue weighted by molar-refractivity contribution is 0.0683. The summed E-state index contributed by atoms with van der Waals surface area (Å²) in [5.41, 5.74) is 0.226. The van der Waals surface area contributed by atoms with Crippen molar-refractivity contribution in [3.63, 3.8) is 0 Å². The zero-order valence-electron chi connectivity index (χ0n) is 8.85. The molecule has 14 heavy (non-hydrogen) atoms. The van der Waals surface area contributed by atoms with E-state index >= 15 is 0 Å². The molecule has 0 aliphatic carbocycles. The minimum absolute atomic E-state index is 0.0843. The van der Waals surface area contributed by atoms with Crippen molar-refractivity contribution in [3.8, 4) is 0 Å². The quantitative estimate of drug-likeness (QED) is 0.791. The number of aromatic carboxylic acids is 1. The number of hydrogen-bond donors (Lipinski definition) is 1. The van der Waals surface area contributed by atoms with Gasteiger partial charge in [0.05, 0.1) is 6.20 Å². The predicted octanol–water partition coefficient (Wildman–Crippen LogP) is 1.23. The van der Waals surface area contributed by atoms with Crippen molar-refractivity contribution >= 4 is 11.9 Å². The second-order valence-electron chi connectivity index (χ2n) is 3.61. The Morgan fingerprint density at radius 1 is 1.57 bits per heavy atom. The molecule has 0 saturated heterocycles. The van der Waals surface area contributed by atoms with Gasteiger partial charge in [-0.3, -0.25) is 0 Å². The number of aromatic nitrogens is 2. The molecule has 0 amide bonds. The van der Waals surface area contributed by atoms with Crippen molar-refractivity contribution in [2.75, 3.05) is 19.0 Å². The summed E-state index contributed by atoms with van der Waals surface area (Å²) in [7, 11) is 3.68. The van der Waals surface area contributed by atoms with Gasteiger partial charge in [0.15, 0.2) is 0 Å². The molecule has 0 fully saturated rings. The standard InChI is InChI=1S/C9H15N3O2/c1-6(2)12-7(8(13)14)5-10-9(12)11(3)4/h5-6H,1-4H3,(H,13,14). The van der Waals surface area contributed by atoms with E-state index in [0.29, 0.717) is 5.95 Å². The fourth-order valence-corrected chi connectivity index (χ4v) is 1.35. The Kier molecular flexibility index (Phi) is 2.78. The van der Waals surface area contributed by atoms with Gasteiger partial charge >= 0.3 is 5.97 Å². The first-order valence-electron chi connectivity index (χ1n) is 4.43. The zero-order valence-corrected chi connectivity index (χ0v) is 8.85. The lowest BCUT2D eigenvalue weighted by atomic mass is 10.3. The van der Waals surface area contributed by atoms with Crippen LogP contribution in [0.5, 0.6) is 0 Å². The van der Waals surface area contributed by atoms with E-state index < -0.39 is 5.97 Å². The number of anilines is 1. The van der Waals surface area contributed by atoms with Gasteiger partial charge < -0.3 is 14.6 Å². The number of imidazole rings is 1. The highest BCUT2D eigenvalue weighted by atomic mass is 16.4. The van der Waals surface area contributed by atoms with Crippen molar-refractivity contribution < 1.29 is 9.90 Å². The lowest BCUT2D eigenvalue weighted by Crippen LogP contribution is -2.19. The first kappa shape index (κ1) is 10.6. The number of carboxylic acid groups (broad SMARTS) is 1. The molecule has 1 heterocycles. The summed E-state index contributed by atoms with van der Waals surface area (Å²) in [4.78, 5) is 16.7. The maximum atomic E-state index is 10.9. The van der Waals surface area contributed by atoms with E-state index in [0.717, 1.165) is 0 Å². The monoisotopic (exact) mass is 197 g/mol. The van der Waals surface area contributed by atoms with E-state index in [1.165, 1.54) is 6.20 Å². The Morgan fingerprint density at radius 3 is 2.50 bits per heavy atom. The maximum absolute atomic E-state index is 10.9. The summed E-state index contributed by atoms with van der Waals surface area (Å²) in [6.45, 7) is 3.86. The summed E-state index contributed by atoms with van der Waals surface area (Å²) in [6, 6.07) is 0.0843. The van der Waals surface area contributed by atoms with Gasteiger partial charge in [-0.2, -0.15) is 0 Å². The van der Waals surface area contributed by atoms with Crippen LogP contribution in [-0.2, 0) is 0 Å². The Labute approximate surface area is 83.0 Å². The smallest absolute Gasteiger partial charge is 0.354 e. The van der Waals surface area contributed by atoms with Crippen LogP contribution in [-0.4, -0.2) is 34.7 Å². The van der Waals surface area contributed by atoms with Crippen molar-refractivity contribution in [1.82, 2.24) is 9.55 Å². The summed E-state index contributed by atoms with van der Waals surface area (Å²) < 4.78 is 1.70. The van der Waals surface area contributed by atoms with E-state index in [2.05, 4.69) is 4.98 Å². The van der Waals surface area contributed by atoms with Crippen molar-refractivity contribution in [2.24, 2.45) is 0 Å². The van der Waals surface area contributed by atoms with Gasteiger partial charge in [-0.25, -0.2) is 9.78 Å². The van der Waals surface area contributed by atoms with Gasteiger partial charge in [-0.15, -0.1) is 0 Å². The topological polar surface area (TPSA) is 58.4 Å². The van der Waals surface area contributed by atoms with Crippen molar-refractivity contribution in [3.05, 3.63) is 11.9 Å². The highest BCUT2D eigenvalue weighted by Gasteiger charge is 2.18. The predicted molar refractivity (Wildman–Crippen MR) is 53.9 cm³/mol. The first-order valence-corrected chi connectivity index (χ1v) is 4.43. The second-order valence-corrected chi connectivity index (χ2v) is 3.61. The van der Waals surface area contributed by atoms with Crippen LogP contribution < -0.4 is 4.90 Å². The van der Waals surface area contributed by atoms with E-state index in [1.807, 2.05) is 27.9 Å². The molecule has 0 unspecified atom stereocenters. The third-order valence-corrected chi connectivity index (χ3v) is 1.91. The van der Waals surface area contributed by atoms with Gasteiger partial charge in [0.1, 0.15) is 5.69 Å². The molecule has 1 aromatic rings. The molecule has 78 valence electrons. The van der Waals surface area contributed by atoms with Gasteiger partial charge in [-0.05, 0) is 13.8 Å². The van der Waals surface area contributed by atoms with E-state index in [4.69, 9.17) is 5.11 Å². The number of nitrogens with zero attached hydrogens (tertiary/aromatic N) is 3. The van der Waals surface area contributed by atoms with Crippen LogP contribution in [0.4, 0.5) is 5.95 Å². The summed E-state index contributed by atoms with van der Waals surface area (Å²) in [6.07, 6.45) is 1.39. The first-order chi connectivity index (χ1) is 6.45. The molecule has 1 rings (SSSR count). The Hall–Kier alpha value is -1.52. The van der Waals surface area contributed by atoms with Crippen LogP contribution in [0.3, 0.4) is 0 Å². The molecule has 0 aliphatic rings. The molecule has 5 nitrogen and oxygen atoms in total. The highest BCUT2D eigenvalue weighted by molar-refractivity contribution is 5.86. The molecule has 0 spiro atoms. The van der Waals surface area contributed by atoms with Crippen molar-refractivity contribution in [1.29, 1.82) is 0 Å². The Balaban J connectivity index is 3.27. The maximum Gasteiger partial charge on any atom is 0.354 e. The zero-order chi connectivity index (χ0) is 10.9. The number of hydrogen-bond acceptors (Lipinski definition) is 3. The van der Waals surface area contributed by atoms with Crippen LogP contribution in [0.25, 0.3) is 0 Å². The average molecular weight is 197 g/mol. The summed E-state index contributed by atoms with van der Waals surface area (Å²) in [5, 5.41) is 8.93. The number of rotatable bonds is 3. The molecule has 0 aliphatic heterocycles. The van der Waals surface area contributed by atoms with E-state index in [1.54, 1.807) is 9.47 Å². The van der Waals surface area contributed by atoms with Gasteiger partial charge in [0.25, 0.3) is 0 Å². The van der Waals surface area contributed by atoms with Crippen LogP contribution in [0, 0.1) is 0 Å². The molecule has 0 radical (unpaired) electrons. The highest BCUT2D eigenvalue weighted by Crippen LogP contribution is 2.19. The molecule has 5 heteroatoms. The normalized spacial score (nSPS) is 10.6. The van der Waals surface area contributed by atoms with Crippen LogP contribution in [0.2, 0.25) is 0 Å². The van der Waals surface area contributed by atoms with Gasteiger partial charge in [-0.1, -0.05) is 0 Å². The fourth-order valence-electron chi connectivity index (χ4n) is 1.35. The summed E-state index contributed by atoms with van der Waals surface area (Å²) in [5.74, 6) is -0.281. The summed E-state index contributed by atoms with van der Waals surface area (Å²) >= 11 is 0. The largest absolute Gasteiger partial charge is 0.477 e. The van der Waals surface area contributed by atoms with Crippen LogP contribution in [0.1, 0.15) is 30.4 Å². The SMILES string of the molecule is CC(C)n1c(C(=O)O)cnc1N(C)C. The molecule has 0 atom stereocenters. The third kappa shape index (κ3) is 1.71. The van der Waals surface area contributed by atoms with Gasteiger partial charge in [0, 0.05) is 20.1 Å².